The van der Waals surface area contributed by atoms with E-state index in [9.17, 15) is 15.3 Å². The number of ether oxygens (including phenoxy) is 4. The third-order valence-electron chi connectivity index (χ3n) is 25.8. The lowest BCUT2D eigenvalue weighted by Crippen LogP contribution is -2.84. The van der Waals surface area contributed by atoms with Crippen LogP contribution in [0.5, 0.6) is 0 Å². The maximum absolute atomic E-state index is 16.6. The van der Waals surface area contributed by atoms with Gasteiger partial charge in [0.05, 0.1) is 49.0 Å². The Morgan fingerprint density at radius 3 is 2.79 bits per heavy atom. The molecule has 4 N–H and O–H groups in total. The Bertz CT molecular complexity index is 2880. The van der Waals surface area contributed by atoms with E-state index in [1.165, 1.54) is 0 Å². The Hall–Kier alpha value is -3.77. The van der Waals surface area contributed by atoms with Crippen LogP contribution in [0.1, 0.15) is 115 Å². The van der Waals surface area contributed by atoms with E-state index in [4.69, 9.17) is 23.4 Å². The Kier molecular flexibility index (Phi) is 8.30. The number of nitrogens with zero attached hydrogens (tertiary/aromatic N) is 1. The number of ketones is 1. The van der Waals surface area contributed by atoms with E-state index in [0.717, 1.165) is 76.6 Å². The van der Waals surface area contributed by atoms with Gasteiger partial charge in [0.15, 0.2) is 17.5 Å². The van der Waals surface area contributed by atoms with Crippen LogP contribution in [0.15, 0.2) is 52.8 Å². The van der Waals surface area contributed by atoms with Crippen molar-refractivity contribution in [2.45, 2.75) is 157 Å². The van der Waals surface area contributed by atoms with Crippen LogP contribution >= 0.6 is 0 Å². The molecule has 13 heteroatoms. The van der Waals surface area contributed by atoms with Crippen molar-refractivity contribution >= 4 is 17.7 Å². The van der Waals surface area contributed by atoms with Crippen molar-refractivity contribution in [3.63, 3.8) is 0 Å². The average molecular weight is 995 g/mol. The number of allylic oxidation sites excluding steroid dienone is 2. The number of carbonyl (C=O) groups is 3. The van der Waals surface area contributed by atoms with E-state index < -0.39 is 85.6 Å². The van der Waals surface area contributed by atoms with Crippen molar-refractivity contribution in [3.05, 3.63) is 59.7 Å². The second-order valence-corrected chi connectivity index (χ2v) is 27.5. The number of Topliss-reactive ketones (excluding diaryl/α,β-unsaturated/α-hetero) is 1. The van der Waals surface area contributed by atoms with E-state index in [1.54, 1.807) is 6.26 Å². The Morgan fingerprint density at radius 1 is 1.04 bits per heavy atom. The van der Waals surface area contributed by atoms with Crippen LogP contribution in [0.2, 0.25) is 0 Å². The third-order valence-corrected chi connectivity index (χ3v) is 25.8. The van der Waals surface area contributed by atoms with Gasteiger partial charge < -0.3 is 43.6 Å². The van der Waals surface area contributed by atoms with Crippen LogP contribution in [-0.2, 0) is 45.4 Å². The van der Waals surface area contributed by atoms with Crippen LogP contribution in [-0.4, -0.2) is 106 Å². The molecule has 24 atom stereocenters. The largest absolute Gasteiger partial charge is 0.469 e. The molecule has 6 spiro atoms. The topological polar surface area (TPSA) is 181 Å². The van der Waals surface area contributed by atoms with E-state index >= 15 is 14.4 Å². The van der Waals surface area contributed by atoms with Gasteiger partial charge in [0.2, 0.25) is 0 Å². The minimum Gasteiger partial charge on any atom is -0.469 e. The van der Waals surface area contributed by atoms with Gasteiger partial charge in [0.1, 0.15) is 35.1 Å². The Labute approximate surface area is 426 Å². The molecule has 5 saturated heterocycles. The number of rotatable bonds is 6. The standard InChI is InChI=1S/C60H70N2O11/c1-52-16-12-36-22-37-20-31-11-17-56-51(68)70-29-55(59(36,56)73-52)46-35(26-54(37,56)24-31)25-53(2)57(15-5-7-32-6-3-4-8-40(32)58(46,48(66)45(65)47(52)55)60(53)49(71-60)50(67)72-57)41-14-19-69-44(41)23-39(43(64)28-63)33-9-10-38-34(21-33)13-18-62-30-61-27-42(38)62/h11-14,17-19,31-35,37-40,42-43,46-49,61,63-64,66H,3-4,6,8-10,15-16,20-30H2,1-2H3. The zero-order valence-corrected chi connectivity index (χ0v) is 42.2. The first-order valence-electron chi connectivity index (χ1n) is 28.6. The highest BCUT2D eigenvalue weighted by Crippen LogP contribution is 2.93. The number of hydrogen-bond acceptors (Lipinski definition) is 13. The summed E-state index contributed by atoms with van der Waals surface area (Å²) < 4.78 is 36.3. The maximum Gasteiger partial charge on any atom is 0.339 e. The Balaban J connectivity index is 0.890. The number of aliphatic hydroxyl groups excluding tert-OH is 3. The zero-order valence-electron chi connectivity index (χ0n) is 42.2. The van der Waals surface area contributed by atoms with Gasteiger partial charge in [-0.3, -0.25) is 14.9 Å². The van der Waals surface area contributed by atoms with Gasteiger partial charge in [-0.1, -0.05) is 55.9 Å². The number of esters is 2. The van der Waals surface area contributed by atoms with Crippen LogP contribution in [0.3, 0.4) is 0 Å². The van der Waals surface area contributed by atoms with E-state index in [0.29, 0.717) is 67.2 Å². The van der Waals surface area contributed by atoms with Crippen molar-refractivity contribution in [1.29, 1.82) is 0 Å². The number of hydrogen-bond donors (Lipinski definition) is 4. The summed E-state index contributed by atoms with van der Waals surface area (Å²) in [5, 5.41) is 40.5. The zero-order chi connectivity index (χ0) is 49.2. The lowest BCUT2D eigenvalue weighted by molar-refractivity contribution is -0.318. The summed E-state index contributed by atoms with van der Waals surface area (Å²) in [6.07, 6.45) is 20.6. The second-order valence-electron chi connectivity index (χ2n) is 27.5. The lowest BCUT2D eigenvalue weighted by atomic mass is 9.28. The van der Waals surface area contributed by atoms with E-state index in [2.05, 4.69) is 66.4 Å². The number of fused-ring (bicyclic) bond motifs is 7. The van der Waals surface area contributed by atoms with Gasteiger partial charge in [0, 0.05) is 41.3 Å². The summed E-state index contributed by atoms with van der Waals surface area (Å²) in [5.74, 6) is 6.34. The smallest absolute Gasteiger partial charge is 0.339 e. The number of carbonyl (C=O) groups excluding carboxylic acids is 3. The fourth-order valence-corrected chi connectivity index (χ4v) is 24.1. The van der Waals surface area contributed by atoms with Crippen LogP contribution < -0.4 is 5.32 Å². The molecule has 0 radical (unpaired) electrons. The number of aliphatic hydroxyl groups is 3. The molecular formula is C60H70N2O11. The lowest BCUT2D eigenvalue weighted by Gasteiger charge is -2.74. The van der Waals surface area contributed by atoms with E-state index in [1.807, 2.05) is 6.07 Å². The van der Waals surface area contributed by atoms with Crippen molar-refractivity contribution in [3.8, 4) is 11.8 Å². The molecule has 9 aliphatic carbocycles. The normalized spacial score (nSPS) is 56.6. The fraction of sp³-hybridized carbons (Fsp3) is 0.750. The molecule has 12 fully saturated rings. The molecule has 8 heterocycles. The second kappa shape index (κ2) is 13.7. The van der Waals surface area contributed by atoms with E-state index in [-0.39, 0.29) is 66.9 Å². The first-order chi connectivity index (χ1) is 35.3. The SMILES string of the molecule is CC12CC=C3CC4CC5C=CC67C(=O)OCC8(C1C(=O)C(O)C19C%10CCCCC%10C#CCC%10(c%11ccoc%11CC(C(O)CO)C%11CCC%12C(C=CN%13CNCC%12%13)C%11)OC(=O)C%11OC%111C%10(C)CC(CC46C5)C89)C37O2. The van der Waals surface area contributed by atoms with Crippen LogP contribution in [0, 0.1) is 104 Å². The molecule has 1 aromatic heterocycles. The number of nitrogens with one attached hydrogen (secondary N) is 1. The number of cyclic esters (lactones) is 1. The molecule has 1 aromatic rings. The first kappa shape index (κ1) is 44.4. The summed E-state index contributed by atoms with van der Waals surface area (Å²) in [6, 6.07) is 2.41. The van der Waals surface area contributed by atoms with Gasteiger partial charge in [-0.2, -0.15) is 0 Å². The number of furan rings is 1. The quantitative estimate of drug-likeness (QED) is 0.119. The summed E-state index contributed by atoms with van der Waals surface area (Å²) in [7, 11) is 0. The molecule has 73 heavy (non-hydrogen) atoms. The molecule has 386 valence electrons. The maximum atomic E-state index is 16.6. The molecule has 16 aliphatic rings. The van der Waals surface area contributed by atoms with Gasteiger partial charge in [-0.05, 0) is 154 Å². The first-order valence-corrected chi connectivity index (χ1v) is 28.6. The molecule has 17 rings (SSSR count). The van der Waals surface area contributed by atoms with Crippen LogP contribution in [0.25, 0.3) is 0 Å². The number of epoxide rings is 1. The molecule has 0 aromatic carbocycles. The predicted octanol–water partition coefficient (Wildman–Crippen LogP) is 5.65. The summed E-state index contributed by atoms with van der Waals surface area (Å²) in [4.78, 5) is 50.3. The summed E-state index contributed by atoms with van der Waals surface area (Å²) in [6.45, 7) is 5.77. The van der Waals surface area contributed by atoms with Crippen LogP contribution in [0.4, 0.5) is 0 Å². The highest BCUT2D eigenvalue weighted by molar-refractivity contribution is 5.95. The minimum absolute atomic E-state index is 0.00943. The summed E-state index contributed by atoms with van der Waals surface area (Å²) in [5.41, 5.74) is -8.42. The average Bonchev–Trinajstić information content (AvgIpc) is 3.67. The summed E-state index contributed by atoms with van der Waals surface area (Å²) >= 11 is 0. The highest BCUT2D eigenvalue weighted by Gasteiger charge is 3.01. The molecule has 13 nitrogen and oxygen atoms in total. The van der Waals surface area contributed by atoms with Crippen molar-refractivity contribution in [2.75, 3.05) is 26.4 Å². The monoisotopic (exact) mass is 994 g/mol. The minimum atomic E-state index is -1.52. The van der Waals surface area contributed by atoms with Gasteiger partial charge >= 0.3 is 11.9 Å². The third kappa shape index (κ3) is 4.39. The predicted molar refractivity (Wildman–Crippen MR) is 259 cm³/mol. The fourth-order valence-electron chi connectivity index (χ4n) is 24.1. The highest BCUT2D eigenvalue weighted by atomic mass is 16.7. The van der Waals surface area contributed by atoms with Gasteiger partial charge in [0.25, 0.3) is 0 Å². The van der Waals surface area contributed by atoms with Crippen molar-refractivity contribution < 1.29 is 53.1 Å². The van der Waals surface area contributed by atoms with Crippen molar-refractivity contribution in [2.24, 2.45) is 92.2 Å². The molecule has 10 bridgehead atoms. The molecular weight excluding hydrogens is 925 g/mol. The molecule has 7 saturated carbocycles. The molecule has 24 unspecified atom stereocenters. The van der Waals surface area contributed by atoms with Gasteiger partial charge in [-0.25, -0.2) is 4.79 Å². The Morgan fingerprint density at radius 2 is 1.92 bits per heavy atom. The van der Waals surface area contributed by atoms with Crippen molar-refractivity contribution in [1.82, 2.24) is 10.2 Å². The molecule has 7 aliphatic heterocycles. The molecule has 0 amide bonds. The van der Waals surface area contributed by atoms with Gasteiger partial charge in [-0.15, -0.1) is 0 Å².